The molecule has 0 unspecified atom stereocenters. The zero-order valence-corrected chi connectivity index (χ0v) is 14.1. The van der Waals surface area contributed by atoms with E-state index < -0.39 is 22.7 Å². The van der Waals surface area contributed by atoms with Gasteiger partial charge in [-0.25, -0.2) is 0 Å². The molecule has 26 heavy (non-hydrogen) atoms. The molecule has 12 heteroatoms. The molecule has 2 aromatic rings. The van der Waals surface area contributed by atoms with Crippen LogP contribution in [0.5, 0.6) is 0 Å². The maximum atomic E-state index is 12.6. The van der Waals surface area contributed by atoms with E-state index in [1.54, 1.807) is 0 Å². The zero-order chi connectivity index (χ0) is 19.5. The molecular weight excluding hydrogens is 357 g/mol. The maximum absolute atomic E-state index is 12.6. The van der Waals surface area contributed by atoms with E-state index in [2.05, 4.69) is 15.5 Å². The van der Waals surface area contributed by atoms with Crippen molar-refractivity contribution >= 4 is 11.6 Å². The normalized spacial score (nSPS) is 11.6. The number of nitro groups is 1. The SMILES string of the molecule is Cc1cc(C(F)(F)F)nn1CCCNC(=O)Cn1ncc([N+](=O)[O-])c1C. The maximum Gasteiger partial charge on any atom is 0.435 e. The minimum atomic E-state index is -4.49. The van der Waals surface area contributed by atoms with Crippen molar-refractivity contribution in [3.8, 4) is 0 Å². The van der Waals surface area contributed by atoms with E-state index in [0.29, 0.717) is 12.1 Å². The van der Waals surface area contributed by atoms with Gasteiger partial charge in [-0.3, -0.25) is 24.3 Å². The van der Waals surface area contributed by atoms with E-state index >= 15 is 0 Å². The lowest BCUT2D eigenvalue weighted by Gasteiger charge is -2.08. The first-order valence-electron chi connectivity index (χ1n) is 7.64. The van der Waals surface area contributed by atoms with E-state index in [1.165, 1.54) is 23.2 Å². The fraction of sp³-hybridized carbons (Fsp3) is 0.500. The number of carbonyl (C=O) groups is 1. The molecule has 0 atom stereocenters. The molecule has 0 fully saturated rings. The number of alkyl halides is 3. The van der Waals surface area contributed by atoms with Gasteiger partial charge in [0.1, 0.15) is 18.4 Å². The van der Waals surface area contributed by atoms with Crippen molar-refractivity contribution in [1.29, 1.82) is 0 Å². The summed E-state index contributed by atoms with van der Waals surface area (Å²) in [6, 6.07) is 0.964. The number of hydrogen-bond acceptors (Lipinski definition) is 5. The lowest BCUT2D eigenvalue weighted by molar-refractivity contribution is -0.385. The Morgan fingerprint density at radius 3 is 2.58 bits per heavy atom. The van der Waals surface area contributed by atoms with Gasteiger partial charge in [-0.15, -0.1) is 0 Å². The Morgan fingerprint density at radius 2 is 2.04 bits per heavy atom. The monoisotopic (exact) mass is 374 g/mol. The van der Waals surface area contributed by atoms with Crippen LogP contribution < -0.4 is 5.32 Å². The highest BCUT2D eigenvalue weighted by Crippen LogP contribution is 2.28. The van der Waals surface area contributed by atoms with Crippen LogP contribution in [0.2, 0.25) is 0 Å². The van der Waals surface area contributed by atoms with Crippen LogP contribution in [-0.2, 0) is 24.1 Å². The summed E-state index contributed by atoms with van der Waals surface area (Å²) in [7, 11) is 0. The molecule has 2 rings (SSSR count). The molecule has 0 aromatic carbocycles. The van der Waals surface area contributed by atoms with E-state index in [-0.39, 0.29) is 31.0 Å². The van der Waals surface area contributed by atoms with E-state index in [1.807, 2.05) is 0 Å². The Morgan fingerprint density at radius 1 is 1.35 bits per heavy atom. The van der Waals surface area contributed by atoms with Crippen molar-refractivity contribution < 1.29 is 22.9 Å². The van der Waals surface area contributed by atoms with Crippen molar-refractivity contribution in [3.63, 3.8) is 0 Å². The van der Waals surface area contributed by atoms with Crippen molar-refractivity contribution in [2.75, 3.05) is 6.54 Å². The second-order valence-corrected chi connectivity index (χ2v) is 5.63. The third-order valence-electron chi connectivity index (χ3n) is 3.71. The average Bonchev–Trinajstić information content (AvgIpc) is 3.07. The average molecular weight is 374 g/mol. The van der Waals surface area contributed by atoms with E-state index in [9.17, 15) is 28.1 Å². The molecule has 0 bridgehead atoms. The fourth-order valence-corrected chi connectivity index (χ4v) is 2.30. The topological polar surface area (TPSA) is 108 Å². The molecule has 0 aliphatic rings. The molecule has 1 amide bonds. The summed E-state index contributed by atoms with van der Waals surface area (Å²) in [6.07, 6.45) is -3.04. The van der Waals surface area contributed by atoms with Gasteiger partial charge in [-0.2, -0.15) is 23.4 Å². The van der Waals surface area contributed by atoms with Gasteiger partial charge in [0.05, 0.1) is 4.92 Å². The summed E-state index contributed by atoms with van der Waals surface area (Å²) in [5.74, 6) is -0.403. The standard InChI is InChI=1S/C14H17F3N6O3/c1-9-6-12(14(15,16)17)20-21(9)5-3-4-18-13(24)8-22-10(2)11(7-19-22)23(25)26/h6-7H,3-5,8H2,1-2H3,(H,18,24). The predicted molar refractivity (Wildman–Crippen MR) is 83.2 cm³/mol. The van der Waals surface area contributed by atoms with E-state index in [4.69, 9.17) is 0 Å². The van der Waals surface area contributed by atoms with Crippen LogP contribution in [0.15, 0.2) is 12.3 Å². The highest BCUT2D eigenvalue weighted by Gasteiger charge is 2.34. The van der Waals surface area contributed by atoms with Crippen LogP contribution in [-0.4, -0.2) is 36.9 Å². The van der Waals surface area contributed by atoms with Crippen LogP contribution in [0.1, 0.15) is 23.5 Å². The molecule has 0 saturated carbocycles. The van der Waals surface area contributed by atoms with E-state index in [0.717, 1.165) is 12.3 Å². The number of carbonyl (C=O) groups excluding carboxylic acids is 1. The van der Waals surface area contributed by atoms with Crippen LogP contribution in [0, 0.1) is 24.0 Å². The molecule has 142 valence electrons. The van der Waals surface area contributed by atoms with Crippen LogP contribution in [0.25, 0.3) is 0 Å². The summed E-state index contributed by atoms with van der Waals surface area (Å²) >= 11 is 0. The van der Waals surface area contributed by atoms with Crippen LogP contribution in [0.4, 0.5) is 18.9 Å². The molecule has 0 saturated heterocycles. The molecule has 0 aliphatic carbocycles. The van der Waals surface area contributed by atoms with Crippen molar-refractivity contribution in [2.45, 2.75) is 39.5 Å². The smallest absolute Gasteiger partial charge is 0.354 e. The summed E-state index contributed by atoms with van der Waals surface area (Å²) in [5, 5.41) is 20.6. The number of aromatic nitrogens is 4. The Balaban J connectivity index is 1.81. The quantitative estimate of drug-likeness (QED) is 0.452. The first kappa shape index (κ1) is 19.4. The van der Waals surface area contributed by atoms with Crippen molar-refractivity contribution in [1.82, 2.24) is 24.9 Å². The zero-order valence-electron chi connectivity index (χ0n) is 14.1. The third kappa shape index (κ3) is 4.58. The lowest BCUT2D eigenvalue weighted by atomic mass is 10.3. The van der Waals surface area contributed by atoms with Crippen LogP contribution in [0.3, 0.4) is 0 Å². The second-order valence-electron chi connectivity index (χ2n) is 5.63. The number of halogens is 3. The number of hydrogen-bond donors (Lipinski definition) is 1. The number of nitrogens with zero attached hydrogens (tertiary/aromatic N) is 5. The van der Waals surface area contributed by atoms with Crippen molar-refractivity contribution in [2.24, 2.45) is 0 Å². The number of aryl methyl sites for hydroxylation is 2. The molecule has 0 aliphatic heterocycles. The molecule has 2 heterocycles. The van der Waals surface area contributed by atoms with Gasteiger partial charge in [-0.1, -0.05) is 0 Å². The first-order chi connectivity index (χ1) is 12.1. The molecule has 0 radical (unpaired) electrons. The highest BCUT2D eigenvalue weighted by molar-refractivity contribution is 5.75. The van der Waals surface area contributed by atoms with Gasteiger partial charge in [-0.05, 0) is 26.3 Å². The minimum absolute atomic E-state index is 0.174. The summed E-state index contributed by atoms with van der Waals surface area (Å²) in [6.45, 7) is 3.26. The molecule has 1 N–H and O–H groups in total. The molecular formula is C14H17F3N6O3. The number of amides is 1. The summed E-state index contributed by atoms with van der Waals surface area (Å²) in [5.41, 5.74) is -0.484. The Kier molecular flexibility index (Phi) is 5.63. The molecule has 2 aromatic heterocycles. The minimum Gasteiger partial charge on any atom is -0.354 e. The first-order valence-corrected chi connectivity index (χ1v) is 7.64. The van der Waals surface area contributed by atoms with Gasteiger partial charge in [0.2, 0.25) is 5.91 Å². The van der Waals surface area contributed by atoms with Gasteiger partial charge >= 0.3 is 11.9 Å². The molecule has 9 nitrogen and oxygen atoms in total. The summed E-state index contributed by atoms with van der Waals surface area (Å²) < 4.78 is 40.2. The predicted octanol–water partition coefficient (Wildman–Crippen LogP) is 1.83. The van der Waals surface area contributed by atoms with Gasteiger partial charge < -0.3 is 5.32 Å². The van der Waals surface area contributed by atoms with Crippen LogP contribution >= 0.6 is 0 Å². The van der Waals surface area contributed by atoms with Gasteiger partial charge in [0, 0.05) is 18.8 Å². The second kappa shape index (κ2) is 7.54. The Hall–Kier alpha value is -2.92. The number of nitrogens with one attached hydrogen (secondary N) is 1. The molecule has 0 spiro atoms. The third-order valence-corrected chi connectivity index (χ3v) is 3.71. The fourth-order valence-electron chi connectivity index (χ4n) is 2.30. The Labute approximate surface area is 145 Å². The summed E-state index contributed by atoms with van der Waals surface area (Å²) in [4.78, 5) is 22.0. The highest BCUT2D eigenvalue weighted by atomic mass is 19.4. The Bertz CT molecular complexity index is 811. The van der Waals surface area contributed by atoms with Gasteiger partial charge in [0.25, 0.3) is 0 Å². The lowest BCUT2D eigenvalue weighted by Crippen LogP contribution is -2.29. The van der Waals surface area contributed by atoms with Crippen molar-refractivity contribution in [3.05, 3.63) is 39.5 Å². The largest absolute Gasteiger partial charge is 0.435 e. The number of rotatable bonds is 7. The van der Waals surface area contributed by atoms with Gasteiger partial charge in [0.15, 0.2) is 5.69 Å².